The summed E-state index contributed by atoms with van der Waals surface area (Å²) in [7, 11) is 3.21. The van der Waals surface area contributed by atoms with Gasteiger partial charge in [-0.15, -0.1) is 0 Å². The fraction of sp³-hybridized carbons (Fsp3) is 0.417. The number of nitrogens with zero attached hydrogens (tertiary/aromatic N) is 1. The van der Waals surface area contributed by atoms with Gasteiger partial charge in [0.25, 0.3) is 0 Å². The van der Waals surface area contributed by atoms with Gasteiger partial charge >= 0.3 is 0 Å². The second-order valence-corrected chi connectivity index (χ2v) is 3.71. The fourth-order valence-electron chi connectivity index (χ4n) is 1.49. The van der Waals surface area contributed by atoms with Crippen molar-refractivity contribution < 1.29 is 14.7 Å². The van der Waals surface area contributed by atoms with Crippen LogP contribution in [0.15, 0.2) is 23.4 Å². The molecule has 6 heteroatoms. The van der Waals surface area contributed by atoms with Crippen LogP contribution in [-0.2, 0) is 6.54 Å². The van der Waals surface area contributed by atoms with Gasteiger partial charge in [-0.05, 0) is 17.7 Å². The van der Waals surface area contributed by atoms with Crippen molar-refractivity contribution in [3.63, 3.8) is 0 Å². The quantitative estimate of drug-likeness (QED) is 0.221. The molecule has 0 saturated heterocycles. The Bertz CT molecular complexity index is 408. The number of ether oxygens (including phenoxy) is 2. The lowest BCUT2D eigenvalue weighted by molar-refractivity contribution is 0.316. The maximum Gasteiger partial charge on any atom is 0.161 e. The molecule has 0 atom stereocenters. The highest BCUT2D eigenvalue weighted by Crippen LogP contribution is 2.27. The second kappa shape index (κ2) is 7.39. The zero-order valence-corrected chi connectivity index (χ0v) is 10.6. The predicted octanol–water partition coefficient (Wildman–Crippen LogP) is 0.930. The number of nitrogens with two attached hydrogens (primary N) is 1. The van der Waals surface area contributed by atoms with E-state index >= 15 is 0 Å². The van der Waals surface area contributed by atoms with Crippen LogP contribution in [0.5, 0.6) is 11.5 Å². The molecule has 1 aromatic rings. The summed E-state index contributed by atoms with van der Waals surface area (Å²) in [6.45, 7) is 1.32. The molecule has 1 rings (SSSR count). The van der Waals surface area contributed by atoms with E-state index in [-0.39, 0.29) is 5.84 Å². The van der Waals surface area contributed by atoms with Gasteiger partial charge in [0.05, 0.1) is 14.2 Å². The Kier molecular flexibility index (Phi) is 5.79. The van der Waals surface area contributed by atoms with Crippen molar-refractivity contribution in [3.05, 3.63) is 23.8 Å². The number of amidine groups is 1. The Morgan fingerprint density at radius 2 is 2.06 bits per heavy atom. The minimum Gasteiger partial charge on any atom is -0.493 e. The molecule has 6 nitrogen and oxygen atoms in total. The molecule has 1 aromatic carbocycles. The fourth-order valence-corrected chi connectivity index (χ4v) is 1.49. The molecular formula is C12H19N3O3. The maximum atomic E-state index is 8.38. The number of hydrogen-bond acceptors (Lipinski definition) is 5. The molecule has 0 aliphatic rings. The van der Waals surface area contributed by atoms with Crippen molar-refractivity contribution in [2.24, 2.45) is 10.9 Å². The van der Waals surface area contributed by atoms with Crippen molar-refractivity contribution in [2.75, 3.05) is 20.8 Å². The highest BCUT2D eigenvalue weighted by atomic mass is 16.5. The van der Waals surface area contributed by atoms with E-state index in [9.17, 15) is 0 Å². The molecule has 0 amide bonds. The van der Waals surface area contributed by atoms with Gasteiger partial charge in [0.1, 0.15) is 5.84 Å². The number of hydrogen-bond donors (Lipinski definition) is 3. The van der Waals surface area contributed by atoms with E-state index in [1.165, 1.54) is 0 Å². The van der Waals surface area contributed by atoms with Crippen molar-refractivity contribution in [1.82, 2.24) is 5.32 Å². The Balaban J connectivity index is 2.48. The molecule has 0 saturated carbocycles. The normalized spacial score (nSPS) is 11.3. The summed E-state index contributed by atoms with van der Waals surface area (Å²) in [5, 5.41) is 14.5. The molecule has 4 N–H and O–H groups in total. The summed E-state index contributed by atoms with van der Waals surface area (Å²) in [5.74, 6) is 1.63. The van der Waals surface area contributed by atoms with E-state index in [1.807, 2.05) is 18.2 Å². The molecule has 0 heterocycles. The Labute approximate surface area is 106 Å². The lowest BCUT2D eigenvalue weighted by Crippen LogP contribution is -2.22. The first-order chi connectivity index (χ1) is 8.71. The van der Waals surface area contributed by atoms with E-state index < -0.39 is 0 Å². The first kappa shape index (κ1) is 14.1. The SMILES string of the molecule is COc1ccc(CNCC/C(N)=N/O)cc1OC. The molecule has 18 heavy (non-hydrogen) atoms. The van der Waals surface area contributed by atoms with Gasteiger partial charge in [0, 0.05) is 19.5 Å². The molecule has 100 valence electrons. The van der Waals surface area contributed by atoms with Gasteiger partial charge < -0.3 is 25.7 Å². The highest BCUT2D eigenvalue weighted by Gasteiger charge is 2.04. The van der Waals surface area contributed by atoms with Crippen LogP contribution in [0.25, 0.3) is 0 Å². The van der Waals surface area contributed by atoms with Crippen LogP contribution in [0.2, 0.25) is 0 Å². The van der Waals surface area contributed by atoms with Crippen LogP contribution in [0.1, 0.15) is 12.0 Å². The van der Waals surface area contributed by atoms with Crippen LogP contribution in [-0.4, -0.2) is 31.8 Å². The van der Waals surface area contributed by atoms with Gasteiger partial charge in [-0.2, -0.15) is 0 Å². The summed E-state index contributed by atoms with van der Waals surface area (Å²) in [4.78, 5) is 0. The van der Waals surface area contributed by atoms with Gasteiger partial charge in [0.2, 0.25) is 0 Å². The van der Waals surface area contributed by atoms with Gasteiger partial charge in [-0.3, -0.25) is 0 Å². The van der Waals surface area contributed by atoms with Crippen molar-refractivity contribution in [1.29, 1.82) is 0 Å². The average Bonchev–Trinajstić information content (AvgIpc) is 2.42. The third-order valence-electron chi connectivity index (χ3n) is 2.46. The van der Waals surface area contributed by atoms with E-state index in [0.29, 0.717) is 31.0 Å². The lowest BCUT2D eigenvalue weighted by atomic mass is 10.2. The molecule has 0 aliphatic heterocycles. The molecule has 0 fully saturated rings. The zero-order valence-electron chi connectivity index (χ0n) is 10.6. The number of benzene rings is 1. The van der Waals surface area contributed by atoms with Gasteiger partial charge in [-0.1, -0.05) is 11.2 Å². The Morgan fingerprint density at radius 3 is 2.67 bits per heavy atom. The molecule has 0 bridgehead atoms. The number of rotatable bonds is 7. The van der Waals surface area contributed by atoms with Crippen LogP contribution in [0.3, 0.4) is 0 Å². The number of methoxy groups -OCH3 is 2. The van der Waals surface area contributed by atoms with Crippen molar-refractivity contribution >= 4 is 5.84 Å². The van der Waals surface area contributed by atoms with Gasteiger partial charge in [-0.25, -0.2) is 0 Å². The molecule has 0 spiro atoms. The minimum atomic E-state index is 0.217. The first-order valence-electron chi connectivity index (χ1n) is 5.59. The van der Waals surface area contributed by atoms with Gasteiger partial charge in [0.15, 0.2) is 11.5 Å². The highest BCUT2D eigenvalue weighted by molar-refractivity contribution is 5.79. The largest absolute Gasteiger partial charge is 0.493 e. The summed E-state index contributed by atoms with van der Waals surface area (Å²) >= 11 is 0. The van der Waals surface area contributed by atoms with Crippen LogP contribution in [0.4, 0.5) is 0 Å². The van der Waals surface area contributed by atoms with E-state index in [2.05, 4.69) is 10.5 Å². The molecular weight excluding hydrogens is 234 g/mol. The predicted molar refractivity (Wildman–Crippen MR) is 69.3 cm³/mol. The maximum absolute atomic E-state index is 8.38. The average molecular weight is 253 g/mol. The smallest absolute Gasteiger partial charge is 0.161 e. The topological polar surface area (TPSA) is 89.1 Å². The third-order valence-corrected chi connectivity index (χ3v) is 2.46. The summed E-state index contributed by atoms with van der Waals surface area (Å²) < 4.78 is 10.4. The zero-order chi connectivity index (χ0) is 13.4. The Morgan fingerprint density at radius 1 is 1.33 bits per heavy atom. The van der Waals surface area contributed by atoms with Crippen LogP contribution < -0.4 is 20.5 Å². The third kappa shape index (κ3) is 4.14. The summed E-state index contributed by atoms with van der Waals surface area (Å²) in [5.41, 5.74) is 6.44. The molecule has 0 aromatic heterocycles. The van der Waals surface area contributed by atoms with Crippen LogP contribution >= 0.6 is 0 Å². The molecule has 0 aliphatic carbocycles. The number of nitrogens with one attached hydrogen (secondary N) is 1. The lowest BCUT2D eigenvalue weighted by Gasteiger charge is -2.10. The standard InChI is InChI=1S/C12H19N3O3/c1-17-10-4-3-9(7-11(10)18-2)8-14-6-5-12(13)15-16/h3-4,7,14,16H,5-6,8H2,1-2H3,(H2,13,15). The van der Waals surface area contributed by atoms with Crippen molar-refractivity contribution in [3.8, 4) is 11.5 Å². The monoisotopic (exact) mass is 253 g/mol. The van der Waals surface area contributed by atoms with E-state index in [1.54, 1.807) is 14.2 Å². The molecule has 0 unspecified atom stereocenters. The summed E-state index contributed by atoms with van der Waals surface area (Å²) in [6, 6.07) is 5.73. The second-order valence-electron chi connectivity index (χ2n) is 3.71. The van der Waals surface area contributed by atoms with Crippen molar-refractivity contribution in [2.45, 2.75) is 13.0 Å². The van der Waals surface area contributed by atoms with E-state index in [0.717, 1.165) is 5.56 Å². The molecule has 0 radical (unpaired) electrons. The number of oxime groups is 1. The summed E-state index contributed by atoms with van der Waals surface area (Å²) in [6.07, 6.45) is 0.504. The first-order valence-corrected chi connectivity index (χ1v) is 5.59. The van der Waals surface area contributed by atoms with E-state index in [4.69, 9.17) is 20.4 Å². The Hall–Kier alpha value is -1.95. The minimum absolute atomic E-state index is 0.217. The van der Waals surface area contributed by atoms with Crippen LogP contribution in [0, 0.1) is 0 Å².